The molecule has 0 spiro atoms. The topological polar surface area (TPSA) is 167 Å². The minimum Gasteiger partial charge on any atom is -0.481 e. The molecule has 3 amide bonds. The third-order valence-electron chi connectivity index (χ3n) is 5.64. The molecule has 0 aliphatic carbocycles. The predicted octanol–water partition coefficient (Wildman–Crippen LogP) is 1.03. The number of carboxylic acid groups (broad SMARTS) is 1. The van der Waals surface area contributed by atoms with Crippen LogP contribution in [0.1, 0.15) is 35.7 Å². The van der Waals surface area contributed by atoms with Crippen LogP contribution in [0.5, 0.6) is 0 Å². The molecular weight excluding hydrogens is 514 g/mol. The highest BCUT2D eigenvalue weighted by molar-refractivity contribution is 7.90. The van der Waals surface area contributed by atoms with E-state index < -0.39 is 52.5 Å². The number of benzene rings is 2. The van der Waals surface area contributed by atoms with Gasteiger partial charge in [0, 0.05) is 24.9 Å². The normalized spacial score (nSPS) is 12.6. The Balaban J connectivity index is 2.25. The number of aliphatic carboxylic acids is 1. The van der Waals surface area contributed by atoms with E-state index in [-0.39, 0.29) is 23.9 Å². The van der Waals surface area contributed by atoms with Crippen molar-refractivity contribution in [3.63, 3.8) is 0 Å². The molecule has 0 bridgehead atoms. The Hall–Kier alpha value is -4.06. The number of amides is 3. The summed E-state index contributed by atoms with van der Waals surface area (Å²) in [6, 6.07) is 13.1. The number of carbonyl (C=O) groups excluding carboxylic acids is 4. The molecule has 11 nitrogen and oxygen atoms in total. The minimum atomic E-state index is -3.53. The van der Waals surface area contributed by atoms with Gasteiger partial charge in [-0.2, -0.15) is 0 Å². The molecule has 0 aliphatic heterocycles. The smallest absolute Gasteiger partial charge is 0.305 e. The van der Waals surface area contributed by atoms with Crippen molar-refractivity contribution in [2.45, 2.75) is 37.2 Å². The van der Waals surface area contributed by atoms with Crippen LogP contribution >= 0.6 is 0 Å². The van der Waals surface area contributed by atoms with E-state index in [0.29, 0.717) is 23.8 Å². The van der Waals surface area contributed by atoms with E-state index in [1.807, 2.05) is 0 Å². The van der Waals surface area contributed by atoms with Crippen molar-refractivity contribution < 1.29 is 37.5 Å². The van der Waals surface area contributed by atoms with Gasteiger partial charge < -0.3 is 25.4 Å². The number of rotatable bonds is 14. The van der Waals surface area contributed by atoms with Gasteiger partial charge in [0.2, 0.25) is 11.8 Å². The number of hydrogen-bond acceptors (Lipinski definition) is 7. The molecule has 2 aromatic rings. The summed E-state index contributed by atoms with van der Waals surface area (Å²) in [5.41, 5.74) is 0.858. The van der Waals surface area contributed by atoms with Gasteiger partial charge in [0.25, 0.3) is 5.91 Å². The number of aldehydes is 1. The largest absolute Gasteiger partial charge is 0.481 e. The van der Waals surface area contributed by atoms with Gasteiger partial charge in [0.1, 0.15) is 6.29 Å². The number of sulfone groups is 1. The van der Waals surface area contributed by atoms with Gasteiger partial charge in [-0.15, -0.1) is 0 Å². The Kier molecular flexibility index (Phi) is 11.1. The first-order chi connectivity index (χ1) is 17.9. The van der Waals surface area contributed by atoms with Gasteiger partial charge in [0.05, 0.1) is 29.8 Å². The molecule has 1 unspecified atom stereocenters. The second-order valence-corrected chi connectivity index (χ2v) is 10.7. The van der Waals surface area contributed by atoms with Crippen molar-refractivity contribution in [3.8, 4) is 0 Å². The van der Waals surface area contributed by atoms with Crippen LogP contribution in [0.3, 0.4) is 0 Å². The Labute approximate surface area is 221 Å². The van der Waals surface area contributed by atoms with Crippen LogP contribution in [0.4, 0.5) is 0 Å². The fourth-order valence-electron chi connectivity index (χ4n) is 3.63. The third kappa shape index (κ3) is 9.43. The molecule has 0 aromatic heterocycles. The molecule has 0 radical (unpaired) electrons. The van der Waals surface area contributed by atoms with E-state index in [2.05, 4.69) is 10.6 Å². The summed E-state index contributed by atoms with van der Waals surface area (Å²) in [5, 5.41) is 13.9. The second-order valence-electron chi connectivity index (χ2n) is 8.70. The summed E-state index contributed by atoms with van der Waals surface area (Å²) in [5.74, 6) is -3.62. The van der Waals surface area contributed by atoms with Crippen molar-refractivity contribution in [2.75, 3.05) is 19.3 Å². The molecule has 12 heteroatoms. The van der Waals surface area contributed by atoms with Crippen molar-refractivity contribution in [1.82, 2.24) is 15.5 Å². The fraction of sp³-hybridized carbons (Fsp3) is 0.346. The summed E-state index contributed by atoms with van der Waals surface area (Å²) >= 11 is 0. The summed E-state index contributed by atoms with van der Waals surface area (Å²) in [4.78, 5) is 62.0. The SMILES string of the molecule is CC[C@@H](CNC(=O)c1ccccc1)C(=O)N(CC(=O)NC(C=O)CC(=O)O)Cc1cccc(S(C)(=O)=O)c1. The van der Waals surface area contributed by atoms with Crippen molar-refractivity contribution in [1.29, 1.82) is 0 Å². The summed E-state index contributed by atoms with van der Waals surface area (Å²) in [7, 11) is -3.53. The van der Waals surface area contributed by atoms with Gasteiger partial charge >= 0.3 is 5.97 Å². The number of nitrogens with zero attached hydrogens (tertiary/aromatic N) is 1. The lowest BCUT2D eigenvalue weighted by Gasteiger charge is -2.27. The van der Waals surface area contributed by atoms with Crippen LogP contribution < -0.4 is 10.6 Å². The fourth-order valence-corrected chi connectivity index (χ4v) is 4.32. The lowest BCUT2D eigenvalue weighted by atomic mass is 10.0. The molecule has 3 N–H and O–H groups in total. The highest BCUT2D eigenvalue weighted by atomic mass is 32.2. The molecule has 0 fully saturated rings. The molecule has 2 atom stereocenters. The van der Waals surface area contributed by atoms with Crippen LogP contribution in [-0.2, 0) is 35.6 Å². The number of nitrogens with one attached hydrogen (secondary N) is 2. The maximum absolute atomic E-state index is 13.5. The first kappa shape index (κ1) is 30.2. The number of carboxylic acids is 1. The number of hydrogen-bond donors (Lipinski definition) is 3. The third-order valence-corrected chi connectivity index (χ3v) is 6.75. The molecule has 0 saturated heterocycles. The predicted molar refractivity (Wildman–Crippen MR) is 138 cm³/mol. The average molecular weight is 546 g/mol. The molecular formula is C26H31N3O8S. The first-order valence-electron chi connectivity index (χ1n) is 11.8. The lowest BCUT2D eigenvalue weighted by molar-refractivity contribution is -0.141. The standard InChI is InChI=1S/C26H31N3O8S/c1-3-19(14-27-25(34)20-9-5-4-6-10-20)26(35)29(16-23(31)28-21(17-30)13-24(32)33)15-18-8-7-11-22(12-18)38(2,36)37/h4-12,17,19,21H,3,13-16H2,1-2H3,(H,27,34)(H,28,31)(H,32,33)/t19-,21?/m0/s1. The maximum Gasteiger partial charge on any atom is 0.305 e. The summed E-state index contributed by atoms with van der Waals surface area (Å²) < 4.78 is 24.0. The van der Waals surface area contributed by atoms with E-state index in [1.165, 1.54) is 23.1 Å². The quantitative estimate of drug-likeness (QED) is 0.296. The first-order valence-corrected chi connectivity index (χ1v) is 13.7. The van der Waals surface area contributed by atoms with Crippen molar-refractivity contribution in [2.24, 2.45) is 5.92 Å². The summed E-state index contributed by atoms with van der Waals surface area (Å²) in [6.07, 6.45) is 1.04. The minimum absolute atomic E-state index is 0.0134. The molecule has 0 heterocycles. The zero-order valence-electron chi connectivity index (χ0n) is 21.1. The van der Waals surface area contributed by atoms with Crippen molar-refractivity contribution >= 4 is 39.8 Å². The Morgan fingerprint density at radius 1 is 1.05 bits per heavy atom. The van der Waals surface area contributed by atoms with Gasteiger partial charge in [-0.3, -0.25) is 19.2 Å². The van der Waals surface area contributed by atoms with E-state index in [0.717, 1.165) is 6.26 Å². The monoisotopic (exact) mass is 545 g/mol. The van der Waals surface area contributed by atoms with Gasteiger partial charge in [-0.25, -0.2) is 8.42 Å². The zero-order chi connectivity index (χ0) is 28.3. The van der Waals surface area contributed by atoms with Crippen LogP contribution in [-0.4, -0.2) is 73.8 Å². The summed E-state index contributed by atoms with van der Waals surface area (Å²) in [6.45, 7) is 1.08. The Morgan fingerprint density at radius 3 is 2.32 bits per heavy atom. The van der Waals surface area contributed by atoms with E-state index >= 15 is 0 Å². The zero-order valence-corrected chi connectivity index (χ0v) is 21.9. The highest BCUT2D eigenvalue weighted by Crippen LogP contribution is 2.16. The van der Waals surface area contributed by atoms with Gasteiger partial charge in [-0.1, -0.05) is 37.3 Å². The molecule has 2 aromatic carbocycles. The van der Waals surface area contributed by atoms with Crippen LogP contribution in [0.25, 0.3) is 0 Å². The molecule has 0 saturated carbocycles. The van der Waals surface area contributed by atoms with Gasteiger partial charge in [-0.05, 0) is 36.2 Å². The highest BCUT2D eigenvalue weighted by Gasteiger charge is 2.27. The van der Waals surface area contributed by atoms with Gasteiger partial charge in [0.15, 0.2) is 9.84 Å². The molecule has 204 valence electrons. The van der Waals surface area contributed by atoms with Crippen molar-refractivity contribution in [3.05, 3.63) is 65.7 Å². The molecule has 2 rings (SSSR count). The van der Waals surface area contributed by atoms with Crippen LogP contribution in [0.2, 0.25) is 0 Å². The van der Waals surface area contributed by atoms with E-state index in [4.69, 9.17) is 5.11 Å². The van der Waals surface area contributed by atoms with E-state index in [1.54, 1.807) is 43.3 Å². The second kappa shape index (κ2) is 14.0. The van der Waals surface area contributed by atoms with Crippen LogP contribution in [0.15, 0.2) is 59.5 Å². The average Bonchev–Trinajstić information content (AvgIpc) is 2.87. The Bertz CT molecular complexity index is 1260. The molecule has 38 heavy (non-hydrogen) atoms. The van der Waals surface area contributed by atoms with Crippen LogP contribution in [0, 0.1) is 5.92 Å². The number of carbonyl (C=O) groups is 5. The molecule has 0 aliphatic rings. The Morgan fingerprint density at radius 2 is 1.74 bits per heavy atom. The van der Waals surface area contributed by atoms with E-state index in [9.17, 15) is 32.4 Å². The maximum atomic E-state index is 13.5. The lowest BCUT2D eigenvalue weighted by Crippen LogP contribution is -2.48.